The van der Waals surface area contributed by atoms with Crippen LogP contribution < -0.4 is 0 Å². The Balaban J connectivity index is 2.28. The molecule has 1 heterocycles. The first-order valence-electron chi connectivity index (χ1n) is 4.22. The number of halogens is 1. The van der Waals surface area contributed by atoms with Crippen molar-refractivity contribution in [3.05, 3.63) is 53.5 Å². The molecule has 0 aliphatic heterocycles. The van der Waals surface area contributed by atoms with Crippen molar-refractivity contribution >= 4 is 11.6 Å². The number of hydrogen-bond donors (Lipinski definition) is 0. The number of nitrogens with zero attached hydrogens (tertiary/aromatic N) is 3. The monoisotopic (exact) mass is 206 g/mol. The van der Waals surface area contributed by atoms with Crippen LogP contribution in [0.4, 0.5) is 0 Å². The van der Waals surface area contributed by atoms with Gasteiger partial charge in [-0.25, -0.2) is 9.67 Å². The van der Waals surface area contributed by atoms with E-state index < -0.39 is 0 Å². The lowest BCUT2D eigenvalue weighted by Gasteiger charge is -2.09. The lowest BCUT2D eigenvalue weighted by atomic mass is 10.1. The third-order valence-electron chi connectivity index (χ3n) is 2.02. The van der Waals surface area contributed by atoms with Gasteiger partial charge >= 0.3 is 0 Å². The fraction of sp³-hybridized carbons (Fsp3) is 0.100. The Hall–Kier alpha value is -1.35. The highest BCUT2D eigenvalue weighted by Gasteiger charge is 2.08. The number of benzene rings is 1. The zero-order valence-electron chi connectivity index (χ0n) is 7.68. The molecule has 0 aliphatic rings. The molecule has 4 heteroatoms. The molecule has 0 aliphatic carbocycles. The lowest BCUT2D eigenvalue weighted by molar-refractivity contribution is 0.728. The Bertz CT molecular complexity index is 394. The normalized spacial score (nSPS) is 10.8. The maximum Gasteiger partial charge on any atom is 0.137 e. The summed E-state index contributed by atoms with van der Waals surface area (Å²) in [6.45, 7) is 1.98. The topological polar surface area (TPSA) is 30.7 Å². The molecule has 0 unspecified atom stereocenters. The summed E-state index contributed by atoms with van der Waals surface area (Å²) in [5, 5.41) is 4.79. The van der Waals surface area contributed by atoms with E-state index in [2.05, 4.69) is 10.1 Å². The van der Waals surface area contributed by atoms with E-state index in [-0.39, 0.29) is 0 Å². The molecule has 0 atom stereocenters. The van der Waals surface area contributed by atoms with Crippen LogP contribution in [0.2, 0.25) is 5.02 Å². The van der Waals surface area contributed by atoms with Crippen LogP contribution in [0.5, 0.6) is 0 Å². The van der Waals surface area contributed by atoms with Crippen molar-refractivity contribution in [2.24, 2.45) is 0 Å². The summed E-state index contributed by atoms with van der Waals surface area (Å²) in [4.78, 5) is 3.89. The smallest absolute Gasteiger partial charge is 0.137 e. The maximum atomic E-state index is 5.80. The minimum Gasteiger partial charge on any atom is -0.240 e. The Kier molecular flexibility index (Phi) is 2.50. The summed E-state index contributed by atoms with van der Waals surface area (Å²) in [5.41, 5.74) is 1.08. The van der Waals surface area contributed by atoms with E-state index in [1.807, 2.05) is 31.2 Å². The lowest BCUT2D eigenvalue weighted by Crippen LogP contribution is -2.07. The van der Waals surface area contributed by atoms with Crippen LogP contribution in [-0.2, 0) is 0 Å². The summed E-state index contributed by atoms with van der Waals surface area (Å²) < 4.78 is 1.73. The molecule has 2 aromatic rings. The van der Waals surface area contributed by atoms with Crippen molar-refractivity contribution in [1.29, 1.82) is 0 Å². The van der Waals surface area contributed by atoms with Crippen molar-refractivity contribution in [2.45, 2.75) is 6.92 Å². The van der Waals surface area contributed by atoms with Crippen LogP contribution in [-0.4, -0.2) is 14.8 Å². The Morgan fingerprint density at radius 3 is 2.57 bits per heavy atom. The minimum atomic E-state index is 0.736. The van der Waals surface area contributed by atoms with Gasteiger partial charge in [-0.05, 0) is 24.6 Å². The van der Waals surface area contributed by atoms with Crippen LogP contribution in [0.25, 0.3) is 0 Å². The van der Waals surface area contributed by atoms with E-state index in [1.165, 1.54) is 6.33 Å². The molecule has 1 radical (unpaired) electrons. The van der Waals surface area contributed by atoms with Gasteiger partial charge in [0.1, 0.15) is 18.7 Å². The fourth-order valence-electron chi connectivity index (χ4n) is 1.20. The van der Waals surface area contributed by atoms with E-state index in [0.29, 0.717) is 0 Å². The van der Waals surface area contributed by atoms with Crippen molar-refractivity contribution in [3.63, 3.8) is 0 Å². The fourth-order valence-corrected chi connectivity index (χ4v) is 1.33. The molecule has 1 aromatic heterocycles. The summed E-state index contributed by atoms with van der Waals surface area (Å²) in [6.07, 6.45) is 3.18. The molecule has 0 fully saturated rings. The molecular weight excluding hydrogens is 198 g/mol. The average Bonchev–Trinajstić information content (AvgIpc) is 2.71. The van der Waals surface area contributed by atoms with E-state index in [1.54, 1.807) is 11.0 Å². The Labute approximate surface area is 87.3 Å². The third kappa shape index (κ3) is 1.77. The molecule has 1 aromatic carbocycles. The molecule has 2 rings (SSSR count). The Morgan fingerprint density at radius 1 is 1.29 bits per heavy atom. The van der Waals surface area contributed by atoms with Gasteiger partial charge in [-0.2, -0.15) is 5.10 Å². The first kappa shape index (κ1) is 9.21. The predicted octanol–water partition coefficient (Wildman–Crippen LogP) is 2.38. The van der Waals surface area contributed by atoms with Crippen LogP contribution in [0.1, 0.15) is 12.5 Å². The van der Waals surface area contributed by atoms with Gasteiger partial charge < -0.3 is 0 Å². The van der Waals surface area contributed by atoms with Gasteiger partial charge in [0.25, 0.3) is 0 Å². The second-order valence-corrected chi connectivity index (χ2v) is 3.37. The van der Waals surface area contributed by atoms with Crippen molar-refractivity contribution < 1.29 is 0 Å². The van der Waals surface area contributed by atoms with Gasteiger partial charge in [0.05, 0.1) is 0 Å². The average molecular weight is 207 g/mol. The molecule has 71 valence electrons. The third-order valence-corrected chi connectivity index (χ3v) is 2.28. The first-order valence-corrected chi connectivity index (χ1v) is 4.59. The minimum absolute atomic E-state index is 0.736. The summed E-state index contributed by atoms with van der Waals surface area (Å²) >= 11 is 5.80. The first-order chi connectivity index (χ1) is 6.77. The summed E-state index contributed by atoms with van der Waals surface area (Å²) in [5.74, 6) is 0. The summed E-state index contributed by atoms with van der Waals surface area (Å²) in [6, 6.07) is 8.66. The molecule has 0 saturated carbocycles. The van der Waals surface area contributed by atoms with Gasteiger partial charge in [-0.15, -0.1) is 0 Å². The highest BCUT2D eigenvalue weighted by Crippen LogP contribution is 2.17. The van der Waals surface area contributed by atoms with Gasteiger partial charge in [-0.1, -0.05) is 23.7 Å². The summed E-state index contributed by atoms with van der Waals surface area (Å²) in [7, 11) is 0. The van der Waals surface area contributed by atoms with Gasteiger partial charge in [-0.3, -0.25) is 0 Å². The highest BCUT2D eigenvalue weighted by atomic mass is 35.5. The van der Waals surface area contributed by atoms with E-state index >= 15 is 0 Å². The second kappa shape index (κ2) is 3.80. The SMILES string of the molecule is C[C](c1ccc(Cl)cc1)n1cncn1. The molecule has 0 N–H and O–H groups in total. The predicted molar refractivity (Wildman–Crippen MR) is 54.9 cm³/mol. The molecule has 0 bridgehead atoms. The number of hydrogen-bond acceptors (Lipinski definition) is 2. The van der Waals surface area contributed by atoms with Gasteiger partial charge in [0.15, 0.2) is 0 Å². The molecule has 0 amide bonds. The zero-order chi connectivity index (χ0) is 9.97. The van der Waals surface area contributed by atoms with Crippen molar-refractivity contribution in [3.8, 4) is 0 Å². The van der Waals surface area contributed by atoms with Gasteiger partial charge in [0, 0.05) is 5.02 Å². The molecule has 0 saturated heterocycles. The standard InChI is InChI=1S/C10H9ClN3/c1-8(14-7-12-6-13-14)9-2-4-10(11)5-3-9/h2-7H,1H3. The zero-order valence-corrected chi connectivity index (χ0v) is 8.44. The molecule has 14 heavy (non-hydrogen) atoms. The maximum absolute atomic E-state index is 5.80. The highest BCUT2D eigenvalue weighted by molar-refractivity contribution is 6.30. The van der Waals surface area contributed by atoms with Crippen LogP contribution in [0, 0.1) is 6.04 Å². The van der Waals surface area contributed by atoms with Crippen molar-refractivity contribution in [2.75, 3.05) is 0 Å². The van der Waals surface area contributed by atoms with Crippen LogP contribution in [0.3, 0.4) is 0 Å². The van der Waals surface area contributed by atoms with Gasteiger partial charge in [0.2, 0.25) is 0 Å². The molecule has 3 nitrogen and oxygen atoms in total. The molecule has 0 spiro atoms. The van der Waals surface area contributed by atoms with Crippen molar-refractivity contribution in [1.82, 2.24) is 14.8 Å². The largest absolute Gasteiger partial charge is 0.240 e. The van der Waals surface area contributed by atoms with Crippen LogP contribution >= 0.6 is 11.6 Å². The molecular formula is C10H9ClN3. The Morgan fingerprint density at radius 2 is 2.00 bits per heavy atom. The quantitative estimate of drug-likeness (QED) is 0.756. The van der Waals surface area contributed by atoms with E-state index in [0.717, 1.165) is 16.6 Å². The second-order valence-electron chi connectivity index (χ2n) is 2.93. The number of rotatable bonds is 2. The van der Waals surface area contributed by atoms with E-state index in [4.69, 9.17) is 11.6 Å². The van der Waals surface area contributed by atoms with Crippen LogP contribution in [0.15, 0.2) is 36.9 Å². The number of aromatic nitrogens is 3. The van der Waals surface area contributed by atoms with E-state index in [9.17, 15) is 0 Å².